The zero-order valence-electron chi connectivity index (χ0n) is 13.7. The Hall–Kier alpha value is -2.08. The van der Waals surface area contributed by atoms with Crippen molar-refractivity contribution in [3.05, 3.63) is 48.2 Å². The fraction of sp³-hybridized carbons (Fsp3) is 0.353. The van der Waals surface area contributed by atoms with Gasteiger partial charge in [-0.3, -0.25) is 4.72 Å². The second kappa shape index (κ2) is 7.46. The van der Waals surface area contributed by atoms with Gasteiger partial charge in [-0.05, 0) is 42.2 Å². The summed E-state index contributed by atoms with van der Waals surface area (Å²) in [5.74, 6) is 1.25. The number of benzene rings is 1. The number of sulfonamides is 1. The van der Waals surface area contributed by atoms with Crippen LogP contribution in [-0.4, -0.2) is 19.9 Å². The van der Waals surface area contributed by atoms with Crippen LogP contribution in [0.25, 0.3) is 0 Å². The highest BCUT2D eigenvalue weighted by atomic mass is 32.2. The minimum Gasteiger partial charge on any atom is -0.370 e. The summed E-state index contributed by atoms with van der Waals surface area (Å²) in [7, 11) is -3.59. The Morgan fingerprint density at radius 2 is 1.78 bits per heavy atom. The zero-order valence-corrected chi connectivity index (χ0v) is 14.5. The minimum absolute atomic E-state index is 0.247. The molecular formula is C17H23N3O2S. The number of nitrogens with one attached hydrogen (secondary N) is 2. The van der Waals surface area contributed by atoms with Crippen molar-refractivity contribution in [3.8, 4) is 0 Å². The molecule has 1 aromatic heterocycles. The van der Waals surface area contributed by atoms with Gasteiger partial charge in [0.1, 0.15) is 5.82 Å². The molecule has 2 aromatic rings. The Bertz CT molecular complexity index is 723. The maximum atomic E-state index is 12.3. The number of hydrogen-bond donors (Lipinski definition) is 2. The summed E-state index contributed by atoms with van der Waals surface area (Å²) in [6, 6.07) is 10.4. The monoisotopic (exact) mass is 333 g/mol. The summed E-state index contributed by atoms with van der Waals surface area (Å²) in [6.07, 6.45) is 2.39. The molecule has 0 bridgehead atoms. The summed E-state index contributed by atoms with van der Waals surface area (Å²) in [5.41, 5.74) is 1.55. The van der Waals surface area contributed by atoms with E-state index in [0.717, 1.165) is 24.3 Å². The van der Waals surface area contributed by atoms with Gasteiger partial charge in [-0.25, -0.2) is 13.4 Å². The van der Waals surface area contributed by atoms with Crippen LogP contribution in [0, 0.1) is 5.92 Å². The van der Waals surface area contributed by atoms with E-state index in [9.17, 15) is 8.42 Å². The predicted molar refractivity (Wildman–Crippen MR) is 94.2 cm³/mol. The van der Waals surface area contributed by atoms with Crippen molar-refractivity contribution in [3.63, 3.8) is 0 Å². The van der Waals surface area contributed by atoms with Crippen LogP contribution < -0.4 is 10.0 Å². The van der Waals surface area contributed by atoms with Gasteiger partial charge < -0.3 is 5.32 Å². The molecule has 0 fully saturated rings. The van der Waals surface area contributed by atoms with Gasteiger partial charge in [-0.2, -0.15) is 0 Å². The quantitative estimate of drug-likeness (QED) is 0.813. The highest BCUT2D eigenvalue weighted by Crippen LogP contribution is 2.17. The summed E-state index contributed by atoms with van der Waals surface area (Å²) < 4.78 is 27.2. The van der Waals surface area contributed by atoms with Crippen molar-refractivity contribution in [1.29, 1.82) is 0 Å². The van der Waals surface area contributed by atoms with Crippen LogP contribution in [-0.2, 0) is 16.4 Å². The molecule has 0 saturated carbocycles. The lowest BCUT2D eigenvalue weighted by molar-refractivity contribution is 0.601. The Morgan fingerprint density at radius 3 is 2.30 bits per heavy atom. The first-order chi connectivity index (χ1) is 10.9. The van der Waals surface area contributed by atoms with E-state index in [2.05, 4.69) is 28.9 Å². The maximum Gasteiger partial charge on any atom is 0.261 e. The molecule has 124 valence electrons. The van der Waals surface area contributed by atoms with Gasteiger partial charge in [0.25, 0.3) is 10.0 Å². The number of anilines is 2. The first-order valence-electron chi connectivity index (χ1n) is 7.72. The van der Waals surface area contributed by atoms with Crippen molar-refractivity contribution in [2.75, 3.05) is 16.6 Å². The van der Waals surface area contributed by atoms with Crippen LogP contribution in [0.5, 0.6) is 0 Å². The number of hydrogen-bond acceptors (Lipinski definition) is 4. The highest BCUT2D eigenvalue weighted by Gasteiger charge is 2.14. The van der Waals surface area contributed by atoms with E-state index < -0.39 is 10.0 Å². The second-order valence-corrected chi connectivity index (χ2v) is 7.49. The number of aryl methyl sites for hydroxylation is 1. The van der Waals surface area contributed by atoms with Gasteiger partial charge >= 0.3 is 0 Å². The van der Waals surface area contributed by atoms with E-state index in [0.29, 0.717) is 11.6 Å². The third-order valence-electron chi connectivity index (χ3n) is 3.35. The number of aromatic nitrogens is 1. The second-order valence-electron chi connectivity index (χ2n) is 5.81. The van der Waals surface area contributed by atoms with Crippen molar-refractivity contribution in [1.82, 2.24) is 4.98 Å². The number of rotatable bonds is 7. The van der Waals surface area contributed by atoms with E-state index in [1.807, 2.05) is 19.1 Å². The van der Waals surface area contributed by atoms with Gasteiger partial charge in [0.15, 0.2) is 0 Å². The van der Waals surface area contributed by atoms with Crippen LogP contribution in [0.2, 0.25) is 0 Å². The lowest BCUT2D eigenvalue weighted by Gasteiger charge is -2.10. The third-order valence-corrected chi connectivity index (χ3v) is 4.75. The third kappa shape index (κ3) is 4.96. The van der Waals surface area contributed by atoms with Crippen molar-refractivity contribution in [2.24, 2.45) is 5.92 Å². The molecular weight excluding hydrogens is 310 g/mol. The molecule has 23 heavy (non-hydrogen) atoms. The normalized spacial score (nSPS) is 11.5. The standard InChI is InChI=1S/C17H23N3O2S/c1-4-14-5-8-16(9-6-14)23(21,22)20-15-7-10-17(19-12-15)18-11-13(2)3/h5-10,12-13,20H,4,11H2,1-3H3,(H,18,19). The minimum atomic E-state index is -3.59. The fourth-order valence-corrected chi connectivity index (χ4v) is 3.03. The molecule has 0 amide bonds. The van der Waals surface area contributed by atoms with Crippen molar-refractivity contribution < 1.29 is 8.42 Å². The van der Waals surface area contributed by atoms with E-state index in [1.54, 1.807) is 24.3 Å². The first-order valence-corrected chi connectivity index (χ1v) is 9.20. The molecule has 0 aliphatic heterocycles. The molecule has 0 radical (unpaired) electrons. The fourth-order valence-electron chi connectivity index (χ4n) is 1.99. The smallest absolute Gasteiger partial charge is 0.261 e. The molecule has 0 atom stereocenters. The molecule has 5 nitrogen and oxygen atoms in total. The van der Waals surface area contributed by atoms with Crippen LogP contribution >= 0.6 is 0 Å². The Labute approximate surface area is 138 Å². The van der Waals surface area contributed by atoms with E-state index in [-0.39, 0.29) is 4.90 Å². The van der Waals surface area contributed by atoms with Crippen molar-refractivity contribution >= 4 is 21.5 Å². The van der Waals surface area contributed by atoms with Crippen LogP contribution in [0.4, 0.5) is 11.5 Å². The Kier molecular flexibility index (Phi) is 5.60. The van der Waals surface area contributed by atoms with Crippen LogP contribution in [0.15, 0.2) is 47.5 Å². The first kappa shape index (κ1) is 17.3. The highest BCUT2D eigenvalue weighted by molar-refractivity contribution is 7.92. The average molecular weight is 333 g/mol. The molecule has 2 rings (SSSR count). The lowest BCUT2D eigenvalue weighted by Crippen LogP contribution is -2.13. The summed E-state index contributed by atoms with van der Waals surface area (Å²) in [5, 5.41) is 3.19. The van der Waals surface area contributed by atoms with Gasteiger partial charge in [0, 0.05) is 6.54 Å². The van der Waals surface area contributed by atoms with Gasteiger partial charge in [-0.15, -0.1) is 0 Å². The van der Waals surface area contributed by atoms with Crippen LogP contribution in [0.1, 0.15) is 26.3 Å². The number of pyridine rings is 1. The summed E-state index contributed by atoms with van der Waals surface area (Å²) in [6.45, 7) is 7.07. The molecule has 0 unspecified atom stereocenters. The maximum absolute atomic E-state index is 12.3. The largest absolute Gasteiger partial charge is 0.370 e. The zero-order chi connectivity index (χ0) is 16.9. The Balaban J connectivity index is 2.07. The average Bonchev–Trinajstić information content (AvgIpc) is 2.54. The predicted octanol–water partition coefficient (Wildman–Crippen LogP) is 3.51. The Morgan fingerprint density at radius 1 is 1.09 bits per heavy atom. The van der Waals surface area contributed by atoms with Gasteiger partial charge in [-0.1, -0.05) is 32.9 Å². The van der Waals surface area contributed by atoms with Gasteiger partial charge in [0.2, 0.25) is 0 Å². The van der Waals surface area contributed by atoms with E-state index >= 15 is 0 Å². The summed E-state index contributed by atoms with van der Waals surface area (Å²) in [4.78, 5) is 4.46. The molecule has 0 aliphatic rings. The molecule has 0 aliphatic carbocycles. The molecule has 1 heterocycles. The molecule has 0 saturated heterocycles. The topological polar surface area (TPSA) is 71.1 Å². The SMILES string of the molecule is CCc1ccc(S(=O)(=O)Nc2ccc(NCC(C)C)nc2)cc1. The van der Waals surface area contributed by atoms with E-state index in [1.165, 1.54) is 6.20 Å². The van der Waals surface area contributed by atoms with Gasteiger partial charge in [0.05, 0.1) is 16.8 Å². The molecule has 0 spiro atoms. The van der Waals surface area contributed by atoms with Crippen molar-refractivity contribution in [2.45, 2.75) is 32.1 Å². The number of nitrogens with zero attached hydrogens (tertiary/aromatic N) is 1. The van der Waals surface area contributed by atoms with E-state index in [4.69, 9.17) is 0 Å². The lowest BCUT2D eigenvalue weighted by atomic mass is 10.2. The molecule has 2 N–H and O–H groups in total. The summed E-state index contributed by atoms with van der Waals surface area (Å²) >= 11 is 0. The molecule has 1 aromatic carbocycles. The molecule has 6 heteroatoms. The van der Waals surface area contributed by atoms with Crippen LogP contribution in [0.3, 0.4) is 0 Å².